The number of carbonyl (C=O) groups is 3. The Morgan fingerprint density at radius 3 is 2.29 bits per heavy atom. The summed E-state index contributed by atoms with van der Waals surface area (Å²) in [7, 11) is 0. The van der Waals surface area contributed by atoms with Crippen molar-refractivity contribution < 1.29 is 32.3 Å². The van der Waals surface area contributed by atoms with Crippen LogP contribution in [0.3, 0.4) is 0 Å². The van der Waals surface area contributed by atoms with Gasteiger partial charge in [0, 0.05) is 0 Å². The number of amides is 4. The van der Waals surface area contributed by atoms with Crippen LogP contribution in [0.15, 0.2) is 64.6 Å². The summed E-state index contributed by atoms with van der Waals surface area (Å²) in [5.74, 6) is -1.73. The molecule has 1 fully saturated rings. The van der Waals surface area contributed by atoms with Crippen LogP contribution in [0.4, 0.5) is 23.7 Å². The predicted molar refractivity (Wildman–Crippen MR) is 140 cm³/mol. The van der Waals surface area contributed by atoms with E-state index in [0.717, 1.165) is 11.6 Å². The summed E-state index contributed by atoms with van der Waals surface area (Å²) in [5, 5.41) is 2.45. The molecule has 0 unspecified atom stereocenters. The number of benzene rings is 3. The monoisotopic (exact) mass is 646 g/mol. The maximum atomic E-state index is 13.2. The van der Waals surface area contributed by atoms with E-state index in [-0.39, 0.29) is 11.6 Å². The number of anilines is 1. The van der Waals surface area contributed by atoms with Gasteiger partial charge in [0.25, 0.3) is 11.8 Å². The Balaban J connectivity index is 1.60. The van der Waals surface area contributed by atoms with Gasteiger partial charge in [-0.3, -0.25) is 14.9 Å². The Bertz CT molecular complexity index is 1510. The first-order valence-electron chi connectivity index (χ1n) is 10.5. The Morgan fingerprint density at radius 1 is 0.921 bits per heavy atom. The van der Waals surface area contributed by atoms with Crippen LogP contribution in [0.1, 0.15) is 16.7 Å². The highest BCUT2D eigenvalue weighted by Crippen LogP contribution is 2.37. The maximum absolute atomic E-state index is 13.2. The lowest BCUT2D eigenvalue weighted by Gasteiger charge is -2.27. The molecule has 196 valence electrons. The van der Waals surface area contributed by atoms with Gasteiger partial charge in [-0.2, -0.15) is 13.2 Å². The molecule has 4 amide bonds. The van der Waals surface area contributed by atoms with Crippen LogP contribution in [0.25, 0.3) is 6.08 Å². The molecule has 1 N–H and O–H groups in total. The van der Waals surface area contributed by atoms with E-state index >= 15 is 0 Å². The molecule has 13 heteroatoms. The van der Waals surface area contributed by atoms with Gasteiger partial charge in [-0.15, -0.1) is 0 Å². The number of urea groups is 1. The first-order chi connectivity index (χ1) is 17.8. The smallest absolute Gasteiger partial charge is 0.416 e. The van der Waals surface area contributed by atoms with Gasteiger partial charge in [-0.1, -0.05) is 46.9 Å². The van der Waals surface area contributed by atoms with Crippen molar-refractivity contribution in [3.63, 3.8) is 0 Å². The molecule has 3 aromatic carbocycles. The van der Waals surface area contributed by atoms with Gasteiger partial charge in [0.15, 0.2) is 0 Å². The molecule has 4 rings (SSSR count). The molecule has 0 bridgehead atoms. The minimum absolute atomic E-state index is 0.172. The van der Waals surface area contributed by atoms with Crippen LogP contribution in [-0.2, 0) is 22.4 Å². The Morgan fingerprint density at radius 2 is 1.63 bits per heavy atom. The topological polar surface area (TPSA) is 75.7 Å². The molecular formula is C25H13BrCl3F3N2O4. The average molecular weight is 649 g/mol. The Labute approximate surface area is 237 Å². The first kappa shape index (κ1) is 28.0. The van der Waals surface area contributed by atoms with E-state index < -0.39 is 40.8 Å². The highest BCUT2D eigenvalue weighted by Gasteiger charge is 2.39. The number of ether oxygens (including phenoxy) is 1. The van der Waals surface area contributed by atoms with E-state index in [1.165, 1.54) is 6.08 Å². The fourth-order valence-corrected chi connectivity index (χ4v) is 4.45. The van der Waals surface area contributed by atoms with Crippen LogP contribution >= 0.6 is 50.7 Å². The number of nitrogens with one attached hydrogen (secondary N) is 1. The Kier molecular flexibility index (Phi) is 8.08. The minimum Gasteiger partial charge on any atom is -0.488 e. The zero-order chi connectivity index (χ0) is 27.8. The maximum Gasteiger partial charge on any atom is 0.416 e. The standard InChI is InChI=1S/C25H13BrCl3F3N2O4/c26-16-8-12(2-6-21(16)38-11-13-1-4-17(27)19(29)9-13)7-15-22(35)33-24(37)34(23(15)36)20-10-14(25(30,31)32)3-5-18(20)28/h1-10H,11H2,(H,33,35,37)/b15-7-. The number of barbiturate groups is 1. The minimum atomic E-state index is -4.75. The summed E-state index contributed by atoms with van der Waals surface area (Å²) in [5.41, 5.74) is -1.01. The molecule has 38 heavy (non-hydrogen) atoms. The summed E-state index contributed by atoms with van der Waals surface area (Å²) < 4.78 is 45.9. The number of nitrogens with zero attached hydrogens (tertiary/aromatic N) is 1. The molecule has 6 nitrogen and oxygen atoms in total. The van der Waals surface area contributed by atoms with Gasteiger partial charge in [0.1, 0.15) is 17.9 Å². The lowest BCUT2D eigenvalue weighted by atomic mass is 10.1. The van der Waals surface area contributed by atoms with E-state index in [4.69, 9.17) is 39.5 Å². The van der Waals surface area contributed by atoms with Crippen molar-refractivity contribution in [1.29, 1.82) is 0 Å². The third kappa shape index (κ3) is 5.99. The van der Waals surface area contributed by atoms with Gasteiger partial charge in [0.05, 0.1) is 30.8 Å². The van der Waals surface area contributed by atoms with Crippen molar-refractivity contribution in [3.05, 3.63) is 96.4 Å². The molecule has 0 atom stereocenters. The fourth-order valence-electron chi connectivity index (χ4n) is 3.42. The molecule has 0 saturated carbocycles. The van der Waals surface area contributed by atoms with Crippen LogP contribution in [0.2, 0.25) is 15.1 Å². The molecule has 1 aliphatic heterocycles. The van der Waals surface area contributed by atoms with Crippen molar-refractivity contribution in [2.45, 2.75) is 12.8 Å². The molecule has 1 saturated heterocycles. The van der Waals surface area contributed by atoms with Gasteiger partial charge in [-0.25, -0.2) is 9.69 Å². The van der Waals surface area contributed by atoms with E-state index in [0.29, 0.717) is 42.9 Å². The zero-order valence-electron chi connectivity index (χ0n) is 18.7. The number of alkyl halides is 3. The van der Waals surface area contributed by atoms with Gasteiger partial charge in [-0.05, 0) is 75.6 Å². The fraction of sp³-hybridized carbons (Fsp3) is 0.0800. The quantitative estimate of drug-likeness (QED) is 0.228. The summed E-state index contributed by atoms with van der Waals surface area (Å²) in [4.78, 5) is 38.4. The average Bonchev–Trinajstić information content (AvgIpc) is 2.83. The van der Waals surface area contributed by atoms with Crippen LogP contribution < -0.4 is 15.0 Å². The third-order valence-electron chi connectivity index (χ3n) is 5.26. The van der Waals surface area contributed by atoms with Crippen LogP contribution in [0, 0.1) is 0 Å². The second-order valence-corrected chi connectivity index (χ2v) is 9.92. The molecular weight excluding hydrogens is 636 g/mol. The van der Waals surface area contributed by atoms with Gasteiger partial charge >= 0.3 is 12.2 Å². The van der Waals surface area contributed by atoms with E-state index in [2.05, 4.69) is 15.9 Å². The summed E-state index contributed by atoms with van der Waals surface area (Å²) in [6, 6.07) is 10.7. The SMILES string of the molecule is O=C1NC(=O)N(c2cc(C(F)(F)F)ccc2Cl)C(=O)/C1=C\c1ccc(OCc2ccc(Cl)c(Cl)c2)c(Br)c1. The largest absolute Gasteiger partial charge is 0.488 e. The molecule has 1 aliphatic rings. The molecule has 0 spiro atoms. The second-order valence-electron chi connectivity index (χ2n) is 7.85. The molecule has 1 heterocycles. The number of carbonyl (C=O) groups excluding carboxylic acids is 3. The normalized spacial score (nSPS) is 15.2. The van der Waals surface area contributed by atoms with Crippen LogP contribution in [-0.4, -0.2) is 17.8 Å². The summed E-state index contributed by atoms with van der Waals surface area (Å²) in [6.07, 6.45) is -3.56. The number of hydrogen-bond donors (Lipinski definition) is 1. The highest BCUT2D eigenvalue weighted by atomic mass is 79.9. The zero-order valence-corrected chi connectivity index (χ0v) is 22.6. The van der Waals surface area contributed by atoms with Crippen molar-refractivity contribution in [1.82, 2.24) is 5.32 Å². The van der Waals surface area contributed by atoms with E-state index in [9.17, 15) is 27.6 Å². The molecule has 3 aromatic rings. The molecule has 0 aromatic heterocycles. The molecule has 0 aliphatic carbocycles. The van der Waals surface area contributed by atoms with E-state index in [1.807, 2.05) is 5.32 Å². The van der Waals surface area contributed by atoms with E-state index in [1.54, 1.807) is 36.4 Å². The summed E-state index contributed by atoms with van der Waals surface area (Å²) in [6.45, 7) is 0.172. The van der Waals surface area contributed by atoms with Crippen molar-refractivity contribution >= 4 is 80.3 Å². The van der Waals surface area contributed by atoms with Gasteiger partial charge < -0.3 is 4.74 Å². The number of imide groups is 2. The van der Waals surface area contributed by atoms with Crippen LogP contribution in [0.5, 0.6) is 5.75 Å². The highest BCUT2D eigenvalue weighted by molar-refractivity contribution is 9.10. The molecule has 0 radical (unpaired) electrons. The lowest BCUT2D eigenvalue weighted by molar-refractivity contribution is -0.137. The summed E-state index contributed by atoms with van der Waals surface area (Å²) >= 11 is 21.3. The Hall–Kier alpha value is -3.05. The third-order valence-corrected chi connectivity index (χ3v) is 6.94. The van der Waals surface area contributed by atoms with Gasteiger partial charge in [0.2, 0.25) is 0 Å². The second kappa shape index (κ2) is 11.0. The predicted octanol–water partition coefficient (Wildman–Crippen LogP) is 7.67. The van der Waals surface area contributed by atoms with Crippen molar-refractivity contribution in [2.24, 2.45) is 0 Å². The number of rotatable bonds is 5. The number of hydrogen-bond acceptors (Lipinski definition) is 4. The van der Waals surface area contributed by atoms with Crippen molar-refractivity contribution in [2.75, 3.05) is 4.90 Å². The lowest BCUT2D eigenvalue weighted by Crippen LogP contribution is -2.54. The first-order valence-corrected chi connectivity index (χ1v) is 12.4. The number of halogens is 7. The van der Waals surface area contributed by atoms with Crippen molar-refractivity contribution in [3.8, 4) is 5.75 Å².